The maximum atomic E-state index is 6.04. The van der Waals surface area contributed by atoms with Gasteiger partial charge in [0.1, 0.15) is 0 Å². The molecular formula is C12H25NO. The van der Waals surface area contributed by atoms with Crippen LogP contribution in [0.15, 0.2) is 0 Å². The van der Waals surface area contributed by atoms with Crippen molar-refractivity contribution >= 4 is 0 Å². The maximum absolute atomic E-state index is 6.04. The summed E-state index contributed by atoms with van der Waals surface area (Å²) < 4.78 is 6.04. The molecule has 0 aromatic carbocycles. The number of hydrogen-bond acceptors (Lipinski definition) is 2. The summed E-state index contributed by atoms with van der Waals surface area (Å²) in [5.74, 6) is 1.45. The van der Waals surface area contributed by atoms with Crippen LogP contribution in [0, 0.1) is 11.8 Å². The molecule has 2 N–H and O–H groups in total. The average Bonchev–Trinajstić information content (AvgIpc) is 2.57. The Morgan fingerprint density at radius 1 is 1.57 bits per heavy atom. The number of hydrogen-bond donors (Lipinski definition) is 1. The SMILES string of the molecule is CCC(C)COC1(CN)CCC(C)C1. The molecule has 1 aliphatic rings. The summed E-state index contributed by atoms with van der Waals surface area (Å²) in [7, 11) is 0. The van der Waals surface area contributed by atoms with Crippen LogP contribution in [0.5, 0.6) is 0 Å². The van der Waals surface area contributed by atoms with Crippen LogP contribution in [0.25, 0.3) is 0 Å². The topological polar surface area (TPSA) is 35.2 Å². The first-order valence-electron chi connectivity index (χ1n) is 5.96. The predicted molar refractivity (Wildman–Crippen MR) is 60.2 cm³/mol. The molecule has 2 nitrogen and oxygen atoms in total. The Hall–Kier alpha value is -0.0800. The molecule has 2 heteroatoms. The quantitative estimate of drug-likeness (QED) is 0.738. The van der Waals surface area contributed by atoms with Crippen molar-refractivity contribution in [3.63, 3.8) is 0 Å². The fourth-order valence-electron chi connectivity index (χ4n) is 2.16. The van der Waals surface area contributed by atoms with Gasteiger partial charge in [0.15, 0.2) is 0 Å². The van der Waals surface area contributed by atoms with E-state index in [9.17, 15) is 0 Å². The van der Waals surface area contributed by atoms with E-state index >= 15 is 0 Å². The van der Waals surface area contributed by atoms with Gasteiger partial charge < -0.3 is 10.5 Å². The van der Waals surface area contributed by atoms with E-state index in [1.165, 1.54) is 12.8 Å². The summed E-state index contributed by atoms with van der Waals surface area (Å²) in [6.45, 7) is 8.31. The highest BCUT2D eigenvalue weighted by molar-refractivity contribution is 4.90. The Labute approximate surface area is 88.2 Å². The van der Waals surface area contributed by atoms with Crippen LogP contribution < -0.4 is 5.73 Å². The van der Waals surface area contributed by atoms with E-state index < -0.39 is 0 Å². The van der Waals surface area contributed by atoms with Crippen molar-refractivity contribution in [2.75, 3.05) is 13.2 Å². The highest BCUT2D eigenvalue weighted by atomic mass is 16.5. The highest BCUT2D eigenvalue weighted by Crippen LogP contribution is 2.36. The molecular weight excluding hydrogens is 174 g/mol. The van der Waals surface area contributed by atoms with Crippen molar-refractivity contribution in [2.45, 2.75) is 52.1 Å². The van der Waals surface area contributed by atoms with Crippen LogP contribution in [-0.4, -0.2) is 18.8 Å². The van der Waals surface area contributed by atoms with Crippen molar-refractivity contribution < 1.29 is 4.74 Å². The smallest absolute Gasteiger partial charge is 0.0806 e. The van der Waals surface area contributed by atoms with Gasteiger partial charge in [0.2, 0.25) is 0 Å². The molecule has 0 aliphatic heterocycles. The Morgan fingerprint density at radius 2 is 2.29 bits per heavy atom. The van der Waals surface area contributed by atoms with Crippen LogP contribution in [0.4, 0.5) is 0 Å². The zero-order chi connectivity index (χ0) is 10.6. The van der Waals surface area contributed by atoms with Gasteiger partial charge in [0.05, 0.1) is 5.60 Å². The molecule has 0 radical (unpaired) electrons. The van der Waals surface area contributed by atoms with Crippen LogP contribution in [0.1, 0.15) is 46.5 Å². The highest BCUT2D eigenvalue weighted by Gasteiger charge is 2.37. The molecule has 1 fully saturated rings. The molecule has 0 spiro atoms. The van der Waals surface area contributed by atoms with Gasteiger partial charge >= 0.3 is 0 Å². The number of rotatable bonds is 5. The fourth-order valence-corrected chi connectivity index (χ4v) is 2.16. The minimum absolute atomic E-state index is 0.0167. The minimum Gasteiger partial charge on any atom is -0.373 e. The molecule has 3 atom stereocenters. The molecule has 1 aliphatic carbocycles. The zero-order valence-electron chi connectivity index (χ0n) is 9.88. The van der Waals surface area contributed by atoms with E-state index in [0.717, 1.165) is 25.4 Å². The normalized spacial score (nSPS) is 34.7. The zero-order valence-corrected chi connectivity index (χ0v) is 9.88. The Kier molecular flexibility index (Phi) is 4.39. The number of ether oxygens (including phenoxy) is 1. The second kappa shape index (κ2) is 5.13. The standard InChI is InChI=1S/C12H25NO/c1-4-10(2)8-14-12(9-13)6-5-11(3)7-12/h10-11H,4-9,13H2,1-3H3. The van der Waals surface area contributed by atoms with Gasteiger partial charge in [-0.3, -0.25) is 0 Å². The van der Waals surface area contributed by atoms with E-state index in [-0.39, 0.29) is 5.60 Å². The van der Waals surface area contributed by atoms with E-state index in [2.05, 4.69) is 20.8 Å². The van der Waals surface area contributed by atoms with Gasteiger partial charge in [0.25, 0.3) is 0 Å². The van der Waals surface area contributed by atoms with Gasteiger partial charge in [-0.15, -0.1) is 0 Å². The molecule has 0 bridgehead atoms. The van der Waals surface area contributed by atoms with Crippen LogP contribution >= 0.6 is 0 Å². The van der Waals surface area contributed by atoms with Gasteiger partial charge in [0, 0.05) is 13.2 Å². The second-order valence-corrected chi connectivity index (χ2v) is 5.06. The summed E-state index contributed by atoms with van der Waals surface area (Å²) in [4.78, 5) is 0. The Bertz CT molecular complexity index is 172. The van der Waals surface area contributed by atoms with E-state index in [1.807, 2.05) is 0 Å². The van der Waals surface area contributed by atoms with Crippen molar-refractivity contribution in [3.8, 4) is 0 Å². The monoisotopic (exact) mass is 199 g/mol. The molecule has 3 unspecified atom stereocenters. The van der Waals surface area contributed by atoms with Crippen molar-refractivity contribution in [1.29, 1.82) is 0 Å². The third-order valence-corrected chi connectivity index (χ3v) is 3.56. The van der Waals surface area contributed by atoms with Crippen LogP contribution in [-0.2, 0) is 4.74 Å². The van der Waals surface area contributed by atoms with Crippen molar-refractivity contribution in [2.24, 2.45) is 17.6 Å². The lowest BCUT2D eigenvalue weighted by Crippen LogP contribution is -2.39. The Balaban J connectivity index is 2.38. The lowest BCUT2D eigenvalue weighted by molar-refractivity contribution is -0.0501. The summed E-state index contributed by atoms with van der Waals surface area (Å²) in [6, 6.07) is 0. The van der Waals surface area contributed by atoms with Crippen LogP contribution in [0.2, 0.25) is 0 Å². The molecule has 14 heavy (non-hydrogen) atoms. The lowest BCUT2D eigenvalue weighted by Gasteiger charge is -2.29. The fraction of sp³-hybridized carbons (Fsp3) is 1.00. The molecule has 84 valence electrons. The third-order valence-electron chi connectivity index (χ3n) is 3.56. The molecule has 0 aromatic heterocycles. The summed E-state index contributed by atoms with van der Waals surface area (Å²) in [6.07, 6.45) is 4.77. The number of nitrogens with two attached hydrogens (primary N) is 1. The first-order valence-corrected chi connectivity index (χ1v) is 5.96. The first-order chi connectivity index (χ1) is 6.62. The average molecular weight is 199 g/mol. The predicted octanol–water partition coefficient (Wildman–Crippen LogP) is 2.57. The van der Waals surface area contributed by atoms with Gasteiger partial charge in [-0.1, -0.05) is 27.2 Å². The maximum Gasteiger partial charge on any atom is 0.0806 e. The van der Waals surface area contributed by atoms with Crippen molar-refractivity contribution in [3.05, 3.63) is 0 Å². The van der Waals surface area contributed by atoms with Crippen LogP contribution in [0.3, 0.4) is 0 Å². The van der Waals surface area contributed by atoms with Gasteiger partial charge in [-0.25, -0.2) is 0 Å². The molecule has 1 rings (SSSR count). The third kappa shape index (κ3) is 2.96. The van der Waals surface area contributed by atoms with Gasteiger partial charge in [-0.2, -0.15) is 0 Å². The summed E-state index contributed by atoms with van der Waals surface area (Å²) >= 11 is 0. The first kappa shape index (κ1) is 12.0. The van der Waals surface area contributed by atoms with E-state index in [0.29, 0.717) is 12.5 Å². The molecule has 1 saturated carbocycles. The van der Waals surface area contributed by atoms with Crippen molar-refractivity contribution in [1.82, 2.24) is 0 Å². The lowest BCUT2D eigenvalue weighted by atomic mass is 10.0. The summed E-state index contributed by atoms with van der Waals surface area (Å²) in [5.41, 5.74) is 5.85. The molecule has 0 heterocycles. The molecule has 0 aromatic rings. The van der Waals surface area contributed by atoms with E-state index in [1.54, 1.807) is 0 Å². The molecule has 0 saturated heterocycles. The summed E-state index contributed by atoms with van der Waals surface area (Å²) in [5, 5.41) is 0. The minimum atomic E-state index is 0.0167. The largest absolute Gasteiger partial charge is 0.373 e. The van der Waals surface area contributed by atoms with E-state index in [4.69, 9.17) is 10.5 Å². The van der Waals surface area contributed by atoms with Gasteiger partial charge in [-0.05, 0) is 31.1 Å². The Morgan fingerprint density at radius 3 is 2.71 bits per heavy atom. The second-order valence-electron chi connectivity index (χ2n) is 5.06. The molecule has 0 amide bonds.